The molecule has 0 bridgehead atoms. The van der Waals surface area contributed by atoms with E-state index in [1.54, 1.807) is 0 Å². The first kappa shape index (κ1) is 24.0. The van der Waals surface area contributed by atoms with E-state index in [9.17, 15) is 41.3 Å². The monoisotopic (exact) mass is 479 g/mol. The van der Waals surface area contributed by atoms with Crippen molar-refractivity contribution in [3.05, 3.63) is 45.8 Å². The summed E-state index contributed by atoms with van der Waals surface area (Å²) >= 11 is 0. The number of nitrogens with zero attached hydrogens (tertiary/aromatic N) is 4. The molecule has 3 rings (SSSR count). The van der Waals surface area contributed by atoms with Crippen LogP contribution in [0, 0.1) is 16.0 Å². The number of carboxylic acid groups (broad SMARTS) is 1. The maximum atomic E-state index is 13.1. The Morgan fingerprint density at radius 2 is 1.61 bits per heavy atom. The minimum absolute atomic E-state index is 0.0718. The highest BCUT2D eigenvalue weighted by atomic mass is 19.4. The van der Waals surface area contributed by atoms with Gasteiger partial charge in [0.05, 0.1) is 22.0 Å². The number of hydrogen-bond acceptors (Lipinski definition) is 7. The number of benzene rings is 1. The smallest absolute Gasteiger partial charge is 0.416 e. The van der Waals surface area contributed by atoms with E-state index in [2.05, 4.69) is 15.3 Å². The zero-order valence-corrected chi connectivity index (χ0v) is 16.4. The fourth-order valence-corrected chi connectivity index (χ4v) is 3.36. The normalized spacial score (nSPS) is 15.4. The van der Waals surface area contributed by atoms with Gasteiger partial charge in [0.25, 0.3) is 0 Å². The van der Waals surface area contributed by atoms with Crippen molar-refractivity contribution in [2.24, 2.45) is 5.92 Å². The lowest BCUT2D eigenvalue weighted by Crippen LogP contribution is -2.37. The van der Waals surface area contributed by atoms with Gasteiger partial charge in [0.2, 0.25) is 11.6 Å². The number of hydrogen-bond donors (Lipinski definition) is 2. The highest BCUT2D eigenvalue weighted by Gasteiger charge is 2.37. The molecule has 0 radical (unpaired) electrons. The van der Waals surface area contributed by atoms with Gasteiger partial charge >= 0.3 is 24.0 Å². The van der Waals surface area contributed by atoms with Gasteiger partial charge in [0, 0.05) is 18.8 Å². The van der Waals surface area contributed by atoms with Crippen LogP contribution in [-0.2, 0) is 17.1 Å². The molecule has 9 nitrogen and oxygen atoms in total. The Kier molecular flexibility index (Phi) is 6.33. The number of rotatable bonds is 5. The number of aliphatic carboxylic acids is 1. The summed E-state index contributed by atoms with van der Waals surface area (Å²) in [6, 6.07) is 0.676. The van der Waals surface area contributed by atoms with E-state index in [4.69, 9.17) is 5.11 Å². The lowest BCUT2D eigenvalue weighted by atomic mass is 9.97. The van der Waals surface area contributed by atoms with E-state index < -0.39 is 57.5 Å². The van der Waals surface area contributed by atoms with Crippen molar-refractivity contribution < 1.29 is 41.2 Å². The van der Waals surface area contributed by atoms with Gasteiger partial charge in [-0.05, 0) is 31.0 Å². The Hall–Kier alpha value is -3.65. The number of aromatic nitrogens is 2. The number of piperidine rings is 1. The van der Waals surface area contributed by atoms with Crippen molar-refractivity contribution in [3.8, 4) is 0 Å². The molecule has 1 aromatic heterocycles. The molecule has 0 amide bonds. The summed E-state index contributed by atoms with van der Waals surface area (Å²) in [6.45, 7) is 0.187. The van der Waals surface area contributed by atoms with E-state index in [1.165, 1.54) is 4.90 Å². The van der Waals surface area contributed by atoms with Gasteiger partial charge in [0.15, 0.2) is 0 Å². The molecule has 33 heavy (non-hydrogen) atoms. The third-order valence-corrected chi connectivity index (χ3v) is 4.98. The molecule has 0 aliphatic carbocycles. The van der Waals surface area contributed by atoms with E-state index in [1.807, 2.05) is 0 Å². The Labute approximate surface area is 181 Å². The van der Waals surface area contributed by atoms with Crippen LogP contribution in [0.15, 0.2) is 24.5 Å². The quantitative estimate of drug-likeness (QED) is 0.366. The second-order valence-corrected chi connectivity index (χ2v) is 7.17. The second kappa shape index (κ2) is 8.71. The molecule has 2 heterocycles. The van der Waals surface area contributed by atoms with Crippen LogP contribution >= 0.6 is 0 Å². The first-order chi connectivity index (χ1) is 15.3. The largest absolute Gasteiger partial charge is 0.481 e. The number of nitro groups is 1. The molecule has 15 heteroatoms. The first-order valence-corrected chi connectivity index (χ1v) is 9.31. The van der Waals surface area contributed by atoms with Gasteiger partial charge in [0.1, 0.15) is 6.33 Å². The number of anilines is 3. The van der Waals surface area contributed by atoms with Gasteiger partial charge in [-0.25, -0.2) is 9.97 Å². The number of alkyl halides is 6. The van der Waals surface area contributed by atoms with Crippen molar-refractivity contribution in [2.45, 2.75) is 25.2 Å². The molecule has 1 saturated heterocycles. The predicted octanol–water partition coefficient (Wildman–Crippen LogP) is 4.47. The Balaban J connectivity index is 2.00. The third kappa shape index (κ3) is 5.40. The molecule has 1 aliphatic heterocycles. The second-order valence-electron chi connectivity index (χ2n) is 7.17. The summed E-state index contributed by atoms with van der Waals surface area (Å²) in [5.41, 5.74) is -4.69. The molecule has 0 saturated carbocycles. The maximum Gasteiger partial charge on any atom is 0.416 e. The van der Waals surface area contributed by atoms with Crippen molar-refractivity contribution in [1.29, 1.82) is 0 Å². The number of halogens is 6. The molecule has 178 valence electrons. The maximum absolute atomic E-state index is 13.1. The van der Waals surface area contributed by atoms with Crippen molar-refractivity contribution in [2.75, 3.05) is 23.3 Å². The zero-order chi connectivity index (χ0) is 24.6. The average molecular weight is 479 g/mol. The summed E-state index contributed by atoms with van der Waals surface area (Å²) < 4.78 is 78.6. The molecule has 2 aromatic rings. The van der Waals surface area contributed by atoms with Crippen LogP contribution < -0.4 is 10.2 Å². The third-order valence-electron chi connectivity index (χ3n) is 4.98. The topological polar surface area (TPSA) is 121 Å². The summed E-state index contributed by atoms with van der Waals surface area (Å²) in [6.07, 6.45) is -9.00. The Morgan fingerprint density at radius 1 is 1.06 bits per heavy atom. The van der Waals surface area contributed by atoms with Crippen molar-refractivity contribution >= 4 is 29.0 Å². The number of carboxylic acids is 1. The van der Waals surface area contributed by atoms with Gasteiger partial charge < -0.3 is 15.3 Å². The summed E-state index contributed by atoms with van der Waals surface area (Å²) in [5, 5.41) is 23.0. The summed E-state index contributed by atoms with van der Waals surface area (Å²) in [7, 11) is 0. The molecule has 1 fully saturated rings. The number of nitrogens with one attached hydrogen (secondary N) is 1. The first-order valence-electron chi connectivity index (χ1n) is 9.31. The SMILES string of the molecule is O=C(O)C1CCN(c2ncnc(Nc3cc(C(F)(F)F)cc(C(F)(F)F)c3)c2[N+](=O)[O-])CC1. The van der Waals surface area contributed by atoms with Gasteiger partial charge in [-0.15, -0.1) is 0 Å². The zero-order valence-electron chi connectivity index (χ0n) is 16.4. The van der Waals surface area contributed by atoms with Crippen LogP contribution in [0.25, 0.3) is 0 Å². The number of carbonyl (C=O) groups is 1. The molecule has 1 aromatic carbocycles. The van der Waals surface area contributed by atoms with E-state index >= 15 is 0 Å². The molecule has 0 atom stereocenters. The van der Waals surface area contributed by atoms with E-state index in [-0.39, 0.29) is 37.8 Å². The van der Waals surface area contributed by atoms with Crippen LogP contribution in [0.5, 0.6) is 0 Å². The summed E-state index contributed by atoms with van der Waals surface area (Å²) in [5.74, 6) is -2.51. The Morgan fingerprint density at radius 3 is 2.06 bits per heavy atom. The highest BCUT2D eigenvalue weighted by molar-refractivity contribution is 5.75. The van der Waals surface area contributed by atoms with Crippen LogP contribution in [-0.4, -0.2) is 39.1 Å². The van der Waals surface area contributed by atoms with E-state index in [0.29, 0.717) is 12.1 Å². The van der Waals surface area contributed by atoms with Crippen LogP contribution in [0.3, 0.4) is 0 Å². The average Bonchev–Trinajstić information content (AvgIpc) is 2.72. The Bertz CT molecular complexity index is 1040. The van der Waals surface area contributed by atoms with Crippen LogP contribution in [0.1, 0.15) is 24.0 Å². The minimum atomic E-state index is -5.10. The van der Waals surface area contributed by atoms with Gasteiger partial charge in [-0.1, -0.05) is 0 Å². The molecule has 1 aliphatic rings. The minimum Gasteiger partial charge on any atom is -0.481 e. The lowest BCUT2D eigenvalue weighted by Gasteiger charge is -2.30. The van der Waals surface area contributed by atoms with Crippen molar-refractivity contribution in [3.63, 3.8) is 0 Å². The van der Waals surface area contributed by atoms with Crippen molar-refractivity contribution in [1.82, 2.24) is 9.97 Å². The fraction of sp³-hybridized carbons (Fsp3) is 0.389. The molecular weight excluding hydrogens is 464 g/mol. The van der Waals surface area contributed by atoms with Crippen LogP contribution in [0.2, 0.25) is 0 Å². The van der Waals surface area contributed by atoms with E-state index in [0.717, 1.165) is 6.33 Å². The summed E-state index contributed by atoms with van der Waals surface area (Å²) in [4.78, 5) is 30.8. The molecule has 0 unspecified atom stereocenters. The highest BCUT2D eigenvalue weighted by Crippen LogP contribution is 2.40. The van der Waals surface area contributed by atoms with Gasteiger partial charge in [-0.3, -0.25) is 14.9 Å². The molecule has 0 spiro atoms. The fourth-order valence-electron chi connectivity index (χ4n) is 3.36. The van der Waals surface area contributed by atoms with Gasteiger partial charge in [-0.2, -0.15) is 26.3 Å². The van der Waals surface area contributed by atoms with Crippen LogP contribution in [0.4, 0.5) is 49.4 Å². The molecular formula is C18H15F6N5O4. The lowest BCUT2D eigenvalue weighted by molar-refractivity contribution is -0.383. The molecule has 2 N–H and O–H groups in total. The predicted molar refractivity (Wildman–Crippen MR) is 101 cm³/mol. The standard InChI is InChI=1S/C18H15F6N5O4/c19-17(20,21)10-5-11(18(22,23)24)7-12(6-10)27-14-13(29(32)33)15(26-8-25-14)28-3-1-9(2-4-28)16(30)31/h5-9H,1-4H2,(H,30,31)(H,25,26,27).